The van der Waals surface area contributed by atoms with Crippen LogP contribution < -0.4 is 5.73 Å². The molecule has 0 saturated carbocycles. The molecule has 0 saturated heterocycles. The van der Waals surface area contributed by atoms with E-state index in [2.05, 4.69) is 4.74 Å². The van der Waals surface area contributed by atoms with Gasteiger partial charge < -0.3 is 15.6 Å². The van der Waals surface area contributed by atoms with E-state index in [0.29, 0.717) is 0 Å². The molecule has 0 amide bonds. The van der Waals surface area contributed by atoms with E-state index in [1.54, 1.807) is 13.8 Å². The Morgan fingerprint density at radius 2 is 2.00 bits per heavy atom. The Labute approximate surface area is 66.3 Å². The van der Waals surface area contributed by atoms with Crippen molar-refractivity contribution in [3.63, 3.8) is 0 Å². The van der Waals surface area contributed by atoms with Gasteiger partial charge in [0.2, 0.25) is 0 Å². The molecular weight excluding hydrogens is 146 g/mol. The summed E-state index contributed by atoms with van der Waals surface area (Å²) in [5.41, 5.74) is 5.35. The summed E-state index contributed by atoms with van der Waals surface area (Å²) >= 11 is 0. The maximum atomic E-state index is 10.8. The number of aliphatic hydroxyl groups is 1. The summed E-state index contributed by atoms with van der Waals surface area (Å²) in [5, 5.41) is 9.27. The molecule has 0 aliphatic carbocycles. The number of ether oxygens (including phenoxy) is 1. The lowest BCUT2D eigenvalue weighted by Crippen LogP contribution is -2.45. The summed E-state index contributed by atoms with van der Waals surface area (Å²) in [7, 11) is 1.25. The van der Waals surface area contributed by atoms with Crippen LogP contribution >= 0.6 is 0 Å². The molecule has 0 bridgehead atoms. The molecule has 1 unspecified atom stereocenters. The third kappa shape index (κ3) is 2.86. The van der Waals surface area contributed by atoms with Crippen LogP contribution in [0.4, 0.5) is 0 Å². The van der Waals surface area contributed by atoms with E-state index >= 15 is 0 Å². The smallest absolute Gasteiger partial charge is 0.325 e. The van der Waals surface area contributed by atoms with Crippen LogP contribution in [0.5, 0.6) is 0 Å². The minimum Gasteiger partial charge on any atom is -0.468 e. The first-order valence-electron chi connectivity index (χ1n) is 3.52. The molecule has 4 nitrogen and oxygen atoms in total. The molecule has 0 fully saturated rings. The molecule has 0 rings (SSSR count). The van der Waals surface area contributed by atoms with E-state index in [-0.39, 0.29) is 5.92 Å². The van der Waals surface area contributed by atoms with E-state index in [1.807, 2.05) is 0 Å². The van der Waals surface area contributed by atoms with Crippen molar-refractivity contribution >= 4 is 5.97 Å². The number of esters is 1. The molecular formula is C7H15NO3. The first kappa shape index (κ1) is 10.4. The summed E-state index contributed by atoms with van der Waals surface area (Å²) in [6, 6.07) is -0.931. The van der Waals surface area contributed by atoms with Crippen molar-refractivity contribution < 1.29 is 14.6 Å². The molecule has 4 heteroatoms. The molecule has 11 heavy (non-hydrogen) atoms. The number of hydrogen-bond acceptors (Lipinski definition) is 4. The van der Waals surface area contributed by atoms with Gasteiger partial charge in [0.1, 0.15) is 6.04 Å². The highest BCUT2D eigenvalue weighted by molar-refractivity contribution is 5.76. The van der Waals surface area contributed by atoms with E-state index in [9.17, 15) is 9.90 Å². The number of carbonyl (C=O) groups excluding carboxylic acids is 1. The highest BCUT2D eigenvalue weighted by atomic mass is 16.5. The lowest BCUT2D eigenvalue weighted by molar-refractivity contribution is -0.145. The highest BCUT2D eigenvalue weighted by Crippen LogP contribution is 2.05. The third-order valence-electron chi connectivity index (χ3n) is 1.52. The lowest BCUT2D eigenvalue weighted by Gasteiger charge is -2.19. The van der Waals surface area contributed by atoms with Crippen LogP contribution in [0.1, 0.15) is 13.8 Å². The van der Waals surface area contributed by atoms with Gasteiger partial charge in [-0.2, -0.15) is 0 Å². The van der Waals surface area contributed by atoms with Crippen molar-refractivity contribution in [2.24, 2.45) is 11.7 Å². The van der Waals surface area contributed by atoms with Gasteiger partial charge in [-0.3, -0.25) is 4.79 Å². The Bertz CT molecular complexity index is 136. The zero-order valence-corrected chi connectivity index (χ0v) is 7.07. The number of rotatable bonds is 3. The predicted octanol–water partition coefficient (Wildman–Crippen LogP) is -0.496. The quantitative estimate of drug-likeness (QED) is 0.547. The second-order valence-corrected chi connectivity index (χ2v) is 2.78. The first-order valence-corrected chi connectivity index (χ1v) is 3.52. The average Bonchev–Trinajstić information content (AvgIpc) is 2.00. The van der Waals surface area contributed by atoms with Gasteiger partial charge in [0, 0.05) is 0 Å². The van der Waals surface area contributed by atoms with Crippen LogP contribution in [0, 0.1) is 5.92 Å². The van der Waals surface area contributed by atoms with E-state index in [0.717, 1.165) is 0 Å². The fraction of sp³-hybridized carbons (Fsp3) is 0.857. The molecule has 0 heterocycles. The van der Waals surface area contributed by atoms with Crippen LogP contribution in [-0.2, 0) is 9.53 Å². The SMILES string of the molecule is COC(=O)[C@@H](N)C(O)C(C)C. The summed E-state index contributed by atoms with van der Waals surface area (Å²) < 4.78 is 4.36. The average molecular weight is 161 g/mol. The van der Waals surface area contributed by atoms with Crippen LogP contribution in [0.3, 0.4) is 0 Å². The number of carbonyl (C=O) groups is 1. The molecule has 0 spiro atoms. The molecule has 66 valence electrons. The summed E-state index contributed by atoms with van der Waals surface area (Å²) in [5.74, 6) is -0.615. The normalized spacial score (nSPS) is 16.2. The van der Waals surface area contributed by atoms with E-state index < -0.39 is 18.1 Å². The minimum atomic E-state index is -0.931. The molecule has 0 aliphatic rings. The first-order chi connectivity index (χ1) is 5.00. The fourth-order valence-corrected chi connectivity index (χ4v) is 0.690. The summed E-state index contributed by atoms with van der Waals surface area (Å²) in [4.78, 5) is 10.8. The molecule has 0 aliphatic heterocycles. The standard InChI is InChI=1S/C7H15NO3/c1-4(2)6(9)5(8)7(10)11-3/h4-6,9H,8H2,1-3H3/t5-,6?/m0/s1. The van der Waals surface area contributed by atoms with Gasteiger partial charge in [0.05, 0.1) is 13.2 Å². The maximum Gasteiger partial charge on any atom is 0.325 e. The van der Waals surface area contributed by atoms with Crippen LogP contribution in [0.15, 0.2) is 0 Å². The van der Waals surface area contributed by atoms with Gasteiger partial charge >= 0.3 is 5.97 Å². The Morgan fingerprint density at radius 3 is 2.27 bits per heavy atom. The van der Waals surface area contributed by atoms with Gasteiger partial charge in [-0.15, -0.1) is 0 Å². The number of nitrogens with two attached hydrogens (primary N) is 1. The van der Waals surface area contributed by atoms with Gasteiger partial charge in [-0.05, 0) is 5.92 Å². The van der Waals surface area contributed by atoms with Crippen molar-refractivity contribution in [2.75, 3.05) is 7.11 Å². The van der Waals surface area contributed by atoms with Crippen molar-refractivity contribution in [3.05, 3.63) is 0 Å². The predicted molar refractivity (Wildman–Crippen MR) is 40.8 cm³/mol. The number of methoxy groups -OCH3 is 1. The van der Waals surface area contributed by atoms with E-state index in [1.165, 1.54) is 7.11 Å². The topological polar surface area (TPSA) is 72.5 Å². The van der Waals surface area contributed by atoms with Crippen molar-refractivity contribution in [1.29, 1.82) is 0 Å². The van der Waals surface area contributed by atoms with Gasteiger partial charge in [-0.1, -0.05) is 13.8 Å². The van der Waals surface area contributed by atoms with Crippen molar-refractivity contribution in [2.45, 2.75) is 26.0 Å². The Morgan fingerprint density at radius 1 is 1.55 bits per heavy atom. The second kappa shape index (κ2) is 4.31. The Kier molecular flexibility index (Phi) is 4.07. The molecule has 0 aromatic heterocycles. The Hall–Kier alpha value is -0.610. The van der Waals surface area contributed by atoms with Crippen LogP contribution in [0.25, 0.3) is 0 Å². The van der Waals surface area contributed by atoms with Crippen molar-refractivity contribution in [3.8, 4) is 0 Å². The zero-order chi connectivity index (χ0) is 9.02. The van der Waals surface area contributed by atoms with Crippen molar-refractivity contribution in [1.82, 2.24) is 0 Å². The summed E-state index contributed by atoms with van der Waals surface area (Å²) in [6.07, 6.45) is -0.831. The Balaban J connectivity index is 4.01. The third-order valence-corrected chi connectivity index (χ3v) is 1.52. The molecule has 0 radical (unpaired) electrons. The monoisotopic (exact) mass is 161 g/mol. The van der Waals surface area contributed by atoms with Gasteiger partial charge in [-0.25, -0.2) is 0 Å². The summed E-state index contributed by atoms with van der Waals surface area (Å²) in [6.45, 7) is 3.57. The van der Waals surface area contributed by atoms with Crippen LogP contribution in [-0.4, -0.2) is 30.3 Å². The largest absolute Gasteiger partial charge is 0.468 e. The van der Waals surface area contributed by atoms with Gasteiger partial charge in [0.15, 0.2) is 0 Å². The molecule has 2 atom stereocenters. The fourth-order valence-electron chi connectivity index (χ4n) is 0.690. The highest BCUT2D eigenvalue weighted by Gasteiger charge is 2.25. The maximum absolute atomic E-state index is 10.8. The molecule has 0 aromatic carbocycles. The molecule has 3 N–H and O–H groups in total. The minimum absolute atomic E-state index is 0.0379. The molecule has 0 aromatic rings. The second-order valence-electron chi connectivity index (χ2n) is 2.78. The number of hydrogen-bond donors (Lipinski definition) is 2. The zero-order valence-electron chi connectivity index (χ0n) is 7.07. The van der Waals surface area contributed by atoms with Crippen LogP contribution in [0.2, 0.25) is 0 Å². The lowest BCUT2D eigenvalue weighted by atomic mass is 10.0. The van der Waals surface area contributed by atoms with E-state index in [4.69, 9.17) is 5.73 Å². The number of aliphatic hydroxyl groups excluding tert-OH is 1. The van der Waals surface area contributed by atoms with Gasteiger partial charge in [0.25, 0.3) is 0 Å².